The van der Waals surface area contributed by atoms with Crippen molar-refractivity contribution in [3.05, 3.63) is 35.4 Å². The SMILES string of the molecule is CC(C)Cc1ccc(CCNC(=O)CC(=O)O)cc1. The van der Waals surface area contributed by atoms with Crippen LogP contribution in [-0.4, -0.2) is 23.5 Å². The molecule has 0 heterocycles. The number of nitrogens with one attached hydrogen (secondary N) is 1. The van der Waals surface area contributed by atoms with Crippen LogP contribution in [0.3, 0.4) is 0 Å². The van der Waals surface area contributed by atoms with Gasteiger partial charge in [-0.1, -0.05) is 38.1 Å². The zero-order chi connectivity index (χ0) is 14.3. The maximum absolute atomic E-state index is 11.1. The molecule has 1 rings (SSSR count). The van der Waals surface area contributed by atoms with Crippen molar-refractivity contribution in [2.75, 3.05) is 6.54 Å². The lowest BCUT2D eigenvalue weighted by molar-refractivity contribution is -0.140. The maximum Gasteiger partial charge on any atom is 0.312 e. The summed E-state index contributed by atoms with van der Waals surface area (Å²) in [6.45, 7) is 4.84. The molecule has 0 fully saturated rings. The van der Waals surface area contributed by atoms with E-state index in [2.05, 4.69) is 43.4 Å². The van der Waals surface area contributed by atoms with Crippen LogP contribution in [0.2, 0.25) is 0 Å². The molecule has 0 aromatic heterocycles. The first kappa shape index (κ1) is 15.2. The third-order valence-corrected chi connectivity index (χ3v) is 2.71. The molecule has 0 saturated heterocycles. The fourth-order valence-corrected chi connectivity index (χ4v) is 1.86. The molecule has 0 aliphatic heterocycles. The minimum absolute atomic E-state index is 0.441. The van der Waals surface area contributed by atoms with Crippen molar-refractivity contribution in [2.24, 2.45) is 5.92 Å². The zero-order valence-electron chi connectivity index (χ0n) is 11.5. The van der Waals surface area contributed by atoms with Gasteiger partial charge < -0.3 is 10.4 Å². The van der Waals surface area contributed by atoms with Crippen molar-refractivity contribution in [1.82, 2.24) is 5.32 Å². The number of aliphatic carboxylic acids is 1. The number of hydrogen-bond donors (Lipinski definition) is 2. The topological polar surface area (TPSA) is 66.4 Å². The molecule has 0 spiro atoms. The van der Waals surface area contributed by atoms with Gasteiger partial charge in [-0.2, -0.15) is 0 Å². The van der Waals surface area contributed by atoms with Gasteiger partial charge in [-0.3, -0.25) is 9.59 Å². The summed E-state index contributed by atoms with van der Waals surface area (Å²) in [5, 5.41) is 11.0. The van der Waals surface area contributed by atoms with Crippen LogP contribution < -0.4 is 5.32 Å². The second-order valence-corrected chi connectivity index (χ2v) is 5.08. The summed E-state index contributed by atoms with van der Waals surface area (Å²) in [6, 6.07) is 8.32. The Hall–Kier alpha value is -1.84. The molecule has 0 atom stereocenters. The first-order chi connectivity index (χ1) is 8.97. The van der Waals surface area contributed by atoms with Gasteiger partial charge in [0.05, 0.1) is 0 Å². The standard InChI is InChI=1S/C15H21NO3/c1-11(2)9-13-5-3-12(4-6-13)7-8-16-14(17)10-15(18)19/h3-6,11H,7-10H2,1-2H3,(H,16,17)(H,18,19). The van der Waals surface area contributed by atoms with Gasteiger partial charge in [0.2, 0.25) is 5.91 Å². The molecule has 0 aliphatic carbocycles. The first-order valence-electron chi connectivity index (χ1n) is 6.53. The third kappa shape index (κ3) is 6.60. The molecule has 19 heavy (non-hydrogen) atoms. The number of carboxylic acid groups (broad SMARTS) is 1. The molecular weight excluding hydrogens is 242 g/mol. The second kappa shape index (κ2) is 7.56. The number of carboxylic acids is 1. The van der Waals surface area contributed by atoms with E-state index in [0.717, 1.165) is 12.0 Å². The lowest BCUT2D eigenvalue weighted by atomic mass is 10.0. The van der Waals surface area contributed by atoms with Crippen LogP contribution >= 0.6 is 0 Å². The lowest BCUT2D eigenvalue weighted by Crippen LogP contribution is -2.27. The smallest absolute Gasteiger partial charge is 0.312 e. The van der Waals surface area contributed by atoms with E-state index in [4.69, 9.17) is 5.11 Å². The Labute approximate surface area is 113 Å². The van der Waals surface area contributed by atoms with Crippen LogP contribution in [0.25, 0.3) is 0 Å². The van der Waals surface area contributed by atoms with E-state index in [1.807, 2.05) is 0 Å². The van der Waals surface area contributed by atoms with E-state index in [1.165, 1.54) is 5.56 Å². The minimum Gasteiger partial charge on any atom is -0.481 e. The molecule has 1 amide bonds. The van der Waals surface area contributed by atoms with E-state index in [0.29, 0.717) is 18.9 Å². The summed E-state index contributed by atoms with van der Waals surface area (Å²) >= 11 is 0. The molecule has 0 bridgehead atoms. The largest absolute Gasteiger partial charge is 0.481 e. The van der Waals surface area contributed by atoms with Crippen molar-refractivity contribution < 1.29 is 14.7 Å². The fraction of sp³-hybridized carbons (Fsp3) is 0.467. The van der Waals surface area contributed by atoms with E-state index < -0.39 is 18.3 Å². The average Bonchev–Trinajstić information content (AvgIpc) is 2.29. The highest BCUT2D eigenvalue weighted by molar-refractivity contribution is 5.93. The number of hydrogen-bond acceptors (Lipinski definition) is 2. The number of carbonyl (C=O) groups excluding carboxylic acids is 1. The normalized spacial score (nSPS) is 10.5. The highest BCUT2D eigenvalue weighted by Crippen LogP contribution is 2.09. The highest BCUT2D eigenvalue weighted by atomic mass is 16.4. The summed E-state index contributed by atoms with van der Waals surface area (Å²) in [4.78, 5) is 21.4. The molecule has 0 unspecified atom stereocenters. The third-order valence-electron chi connectivity index (χ3n) is 2.71. The average molecular weight is 263 g/mol. The predicted octanol–water partition coefficient (Wildman–Crippen LogP) is 2.02. The van der Waals surface area contributed by atoms with Crippen LogP contribution in [0.5, 0.6) is 0 Å². The van der Waals surface area contributed by atoms with Gasteiger partial charge in [-0.15, -0.1) is 0 Å². The van der Waals surface area contributed by atoms with Crippen LogP contribution in [-0.2, 0) is 22.4 Å². The van der Waals surface area contributed by atoms with Gasteiger partial charge in [0.1, 0.15) is 6.42 Å². The number of carbonyl (C=O) groups is 2. The minimum atomic E-state index is -1.10. The molecule has 104 valence electrons. The molecule has 4 heteroatoms. The van der Waals surface area contributed by atoms with Crippen LogP contribution in [0, 0.1) is 5.92 Å². The van der Waals surface area contributed by atoms with E-state index in [1.54, 1.807) is 0 Å². The Morgan fingerprint density at radius 3 is 2.26 bits per heavy atom. The summed E-state index contributed by atoms with van der Waals surface area (Å²) in [6.07, 6.45) is 1.32. The van der Waals surface area contributed by atoms with Crippen LogP contribution in [0.15, 0.2) is 24.3 Å². The van der Waals surface area contributed by atoms with E-state index in [-0.39, 0.29) is 0 Å². The molecule has 2 N–H and O–H groups in total. The monoisotopic (exact) mass is 263 g/mol. The Balaban J connectivity index is 2.34. The van der Waals surface area contributed by atoms with Gasteiger partial charge >= 0.3 is 5.97 Å². The van der Waals surface area contributed by atoms with E-state index in [9.17, 15) is 9.59 Å². The molecule has 0 aliphatic rings. The van der Waals surface area contributed by atoms with Crippen molar-refractivity contribution in [2.45, 2.75) is 33.1 Å². The number of amides is 1. The summed E-state index contributed by atoms with van der Waals surface area (Å²) in [7, 11) is 0. The molecule has 0 saturated carbocycles. The molecule has 0 radical (unpaired) electrons. The second-order valence-electron chi connectivity index (χ2n) is 5.08. The molecule has 1 aromatic rings. The van der Waals surface area contributed by atoms with Crippen molar-refractivity contribution >= 4 is 11.9 Å². The van der Waals surface area contributed by atoms with Crippen molar-refractivity contribution in [3.63, 3.8) is 0 Å². The Kier molecular flexibility index (Phi) is 6.06. The van der Waals surface area contributed by atoms with Gasteiger partial charge in [0, 0.05) is 6.54 Å². The van der Waals surface area contributed by atoms with Gasteiger partial charge in [-0.05, 0) is 29.9 Å². The van der Waals surface area contributed by atoms with Gasteiger partial charge in [-0.25, -0.2) is 0 Å². The zero-order valence-corrected chi connectivity index (χ0v) is 11.5. The van der Waals surface area contributed by atoms with E-state index >= 15 is 0 Å². The number of rotatable bonds is 7. The van der Waals surface area contributed by atoms with Crippen LogP contribution in [0.4, 0.5) is 0 Å². The summed E-state index contributed by atoms with van der Waals surface area (Å²) < 4.78 is 0. The Morgan fingerprint density at radius 1 is 1.16 bits per heavy atom. The van der Waals surface area contributed by atoms with Crippen molar-refractivity contribution in [3.8, 4) is 0 Å². The lowest BCUT2D eigenvalue weighted by Gasteiger charge is -2.07. The maximum atomic E-state index is 11.1. The van der Waals surface area contributed by atoms with Gasteiger partial charge in [0.25, 0.3) is 0 Å². The quantitative estimate of drug-likeness (QED) is 0.740. The summed E-state index contributed by atoms with van der Waals surface area (Å²) in [5.74, 6) is -0.902. The summed E-state index contributed by atoms with van der Waals surface area (Å²) in [5.41, 5.74) is 2.46. The fourth-order valence-electron chi connectivity index (χ4n) is 1.86. The highest BCUT2D eigenvalue weighted by Gasteiger charge is 2.06. The molecular formula is C15H21NO3. The predicted molar refractivity (Wildman–Crippen MR) is 74.0 cm³/mol. The van der Waals surface area contributed by atoms with Crippen LogP contribution in [0.1, 0.15) is 31.4 Å². The van der Waals surface area contributed by atoms with Gasteiger partial charge in [0.15, 0.2) is 0 Å². The number of benzene rings is 1. The Morgan fingerprint density at radius 2 is 1.74 bits per heavy atom. The first-order valence-corrected chi connectivity index (χ1v) is 6.53. The molecule has 4 nitrogen and oxygen atoms in total. The van der Waals surface area contributed by atoms with Crippen molar-refractivity contribution in [1.29, 1.82) is 0 Å². The molecule has 1 aromatic carbocycles. The Bertz CT molecular complexity index is 424.